The summed E-state index contributed by atoms with van der Waals surface area (Å²) in [5.74, 6) is 0.195. The number of phenols is 1. The largest absolute Gasteiger partial charge is 0.507 e. The van der Waals surface area contributed by atoms with Crippen LogP contribution in [0.15, 0.2) is 23.2 Å². The summed E-state index contributed by atoms with van der Waals surface area (Å²) in [5.41, 5.74) is 0.644. The zero-order valence-electron chi connectivity index (χ0n) is 8.90. The number of rotatable bonds is 3. The molecule has 1 aliphatic rings. The smallest absolute Gasteiger partial charge is 0.124 e. The van der Waals surface area contributed by atoms with Crippen LogP contribution in [0, 0.1) is 0 Å². The van der Waals surface area contributed by atoms with Crippen LogP contribution < -0.4 is 0 Å². The van der Waals surface area contributed by atoms with Crippen molar-refractivity contribution in [2.24, 2.45) is 4.99 Å². The zero-order valence-corrected chi connectivity index (χ0v) is 9.65. The van der Waals surface area contributed by atoms with E-state index in [0.29, 0.717) is 17.1 Å². The number of hydrogen-bond acceptors (Lipinski definition) is 3. The molecule has 0 aliphatic carbocycles. The van der Waals surface area contributed by atoms with Crippen LogP contribution in [0.25, 0.3) is 0 Å². The van der Waals surface area contributed by atoms with E-state index in [2.05, 4.69) is 4.99 Å². The quantitative estimate of drug-likeness (QED) is 0.824. The third kappa shape index (κ3) is 2.97. The van der Waals surface area contributed by atoms with Gasteiger partial charge in [0.25, 0.3) is 0 Å². The third-order valence-corrected chi connectivity index (χ3v) is 2.79. The fourth-order valence-electron chi connectivity index (χ4n) is 1.69. The molecule has 4 heteroatoms. The molecule has 1 heterocycles. The molecule has 1 aromatic rings. The Morgan fingerprint density at radius 1 is 1.56 bits per heavy atom. The number of ether oxygens (including phenoxy) is 1. The van der Waals surface area contributed by atoms with Gasteiger partial charge in [-0.2, -0.15) is 0 Å². The van der Waals surface area contributed by atoms with Gasteiger partial charge in [-0.1, -0.05) is 11.6 Å². The minimum atomic E-state index is 0.195. The number of hydrogen-bond donors (Lipinski definition) is 1. The maximum Gasteiger partial charge on any atom is 0.124 e. The van der Waals surface area contributed by atoms with Gasteiger partial charge in [-0.15, -0.1) is 0 Å². The first kappa shape index (κ1) is 11.4. The molecule has 0 radical (unpaired) electrons. The lowest BCUT2D eigenvalue weighted by Crippen LogP contribution is -2.08. The van der Waals surface area contributed by atoms with Crippen LogP contribution in [0.3, 0.4) is 0 Å². The summed E-state index contributed by atoms with van der Waals surface area (Å²) in [4.78, 5) is 4.26. The fourth-order valence-corrected chi connectivity index (χ4v) is 1.87. The third-order valence-electron chi connectivity index (χ3n) is 2.55. The Hall–Kier alpha value is -1.06. The maximum absolute atomic E-state index is 9.55. The van der Waals surface area contributed by atoms with Crippen molar-refractivity contribution in [1.82, 2.24) is 0 Å². The summed E-state index contributed by atoms with van der Waals surface area (Å²) in [6.45, 7) is 1.48. The molecule has 0 bridgehead atoms. The van der Waals surface area contributed by atoms with Gasteiger partial charge in [0.05, 0.1) is 12.6 Å². The zero-order chi connectivity index (χ0) is 11.4. The van der Waals surface area contributed by atoms with E-state index < -0.39 is 0 Å². The molecular weight excluding hydrogens is 226 g/mol. The predicted molar refractivity (Wildman–Crippen MR) is 64.6 cm³/mol. The Labute approximate surface area is 99.7 Å². The second kappa shape index (κ2) is 5.32. The van der Waals surface area contributed by atoms with Crippen LogP contribution >= 0.6 is 11.6 Å². The number of nitrogens with zero attached hydrogens (tertiary/aromatic N) is 1. The van der Waals surface area contributed by atoms with Crippen molar-refractivity contribution in [1.29, 1.82) is 0 Å². The highest BCUT2D eigenvalue weighted by Crippen LogP contribution is 2.19. The van der Waals surface area contributed by atoms with Gasteiger partial charge in [0.2, 0.25) is 0 Å². The van der Waals surface area contributed by atoms with Gasteiger partial charge < -0.3 is 9.84 Å². The molecule has 3 nitrogen and oxygen atoms in total. The molecule has 1 atom stereocenters. The maximum atomic E-state index is 9.55. The van der Waals surface area contributed by atoms with Crippen molar-refractivity contribution >= 4 is 17.8 Å². The van der Waals surface area contributed by atoms with Crippen LogP contribution in [-0.4, -0.2) is 30.6 Å². The topological polar surface area (TPSA) is 41.8 Å². The second-order valence-electron chi connectivity index (χ2n) is 3.83. The molecule has 1 fully saturated rings. The Kier molecular flexibility index (Phi) is 3.80. The van der Waals surface area contributed by atoms with Crippen molar-refractivity contribution in [3.63, 3.8) is 0 Å². The average molecular weight is 240 g/mol. The molecule has 1 unspecified atom stereocenters. The first-order valence-electron chi connectivity index (χ1n) is 5.35. The number of aromatic hydroxyl groups is 1. The van der Waals surface area contributed by atoms with Crippen molar-refractivity contribution < 1.29 is 9.84 Å². The number of phenolic OH excluding ortho intramolecular Hbond substituents is 1. The second-order valence-corrected chi connectivity index (χ2v) is 4.27. The highest BCUT2D eigenvalue weighted by Gasteiger charge is 2.13. The van der Waals surface area contributed by atoms with Crippen LogP contribution in [-0.2, 0) is 4.74 Å². The van der Waals surface area contributed by atoms with Crippen molar-refractivity contribution in [2.75, 3.05) is 13.2 Å². The summed E-state index contributed by atoms with van der Waals surface area (Å²) in [5, 5.41) is 10.1. The minimum Gasteiger partial charge on any atom is -0.507 e. The van der Waals surface area contributed by atoms with Crippen molar-refractivity contribution in [3.8, 4) is 5.75 Å². The average Bonchev–Trinajstić information content (AvgIpc) is 2.76. The Morgan fingerprint density at radius 3 is 3.19 bits per heavy atom. The van der Waals surface area contributed by atoms with E-state index in [1.54, 1.807) is 24.4 Å². The summed E-state index contributed by atoms with van der Waals surface area (Å²) >= 11 is 5.83. The Morgan fingerprint density at radius 2 is 2.44 bits per heavy atom. The first-order chi connectivity index (χ1) is 7.75. The lowest BCUT2D eigenvalue weighted by molar-refractivity contribution is 0.118. The Bertz CT molecular complexity index is 387. The molecule has 0 saturated carbocycles. The van der Waals surface area contributed by atoms with Crippen LogP contribution in [0.4, 0.5) is 0 Å². The van der Waals surface area contributed by atoms with E-state index in [-0.39, 0.29) is 11.9 Å². The molecule has 1 N–H and O–H groups in total. The summed E-state index contributed by atoms with van der Waals surface area (Å²) < 4.78 is 5.44. The highest BCUT2D eigenvalue weighted by atomic mass is 35.5. The molecule has 1 aliphatic heterocycles. The molecule has 16 heavy (non-hydrogen) atoms. The number of benzene rings is 1. The fraction of sp³-hybridized carbons (Fsp3) is 0.417. The summed E-state index contributed by atoms with van der Waals surface area (Å²) in [7, 11) is 0. The molecule has 86 valence electrons. The molecule has 2 rings (SSSR count). The van der Waals surface area contributed by atoms with Crippen LogP contribution in [0.1, 0.15) is 18.4 Å². The normalized spacial score (nSPS) is 20.7. The van der Waals surface area contributed by atoms with E-state index in [0.717, 1.165) is 19.4 Å². The van der Waals surface area contributed by atoms with Crippen molar-refractivity contribution in [3.05, 3.63) is 28.8 Å². The molecular formula is C12H14ClNO2. The van der Waals surface area contributed by atoms with Gasteiger partial charge in [0.1, 0.15) is 5.75 Å². The van der Waals surface area contributed by atoms with E-state index in [4.69, 9.17) is 16.3 Å². The van der Waals surface area contributed by atoms with Gasteiger partial charge in [-0.3, -0.25) is 4.99 Å². The van der Waals surface area contributed by atoms with Gasteiger partial charge in [-0.25, -0.2) is 0 Å². The molecule has 0 amide bonds. The standard InChI is InChI=1S/C12H14ClNO2/c13-10-3-4-12(15)9(6-10)7-14-8-11-2-1-5-16-11/h3-4,6-7,11,15H,1-2,5,8H2. The van der Waals surface area contributed by atoms with E-state index >= 15 is 0 Å². The SMILES string of the molecule is Oc1ccc(Cl)cc1C=NCC1CCCO1. The Balaban J connectivity index is 1.96. The summed E-state index contributed by atoms with van der Waals surface area (Å²) in [6, 6.07) is 4.90. The highest BCUT2D eigenvalue weighted by molar-refractivity contribution is 6.30. The summed E-state index contributed by atoms with van der Waals surface area (Å²) in [6.07, 6.45) is 4.06. The van der Waals surface area contributed by atoms with Crippen molar-refractivity contribution in [2.45, 2.75) is 18.9 Å². The molecule has 1 saturated heterocycles. The van der Waals surface area contributed by atoms with Gasteiger partial charge in [0, 0.05) is 23.4 Å². The number of aliphatic imine (C=N–C) groups is 1. The molecule has 1 aromatic carbocycles. The first-order valence-corrected chi connectivity index (χ1v) is 5.73. The lowest BCUT2D eigenvalue weighted by atomic mass is 10.2. The van der Waals surface area contributed by atoms with E-state index in [1.165, 1.54) is 0 Å². The molecule has 0 aromatic heterocycles. The van der Waals surface area contributed by atoms with Gasteiger partial charge in [0.15, 0.2) is 0 Å². The minimum absolute atomic E-state index is 0.195. The van der Waals surface area contributed by atoms with E-state index in [9.17, 15) is 5.11 Å². The van der Waals surface area contributed by atoms with Crippen LogP contribution in [0.2, 0.25) is 5.02 Å². The lowest BCUT2D eigenvalue weighted by Gasteiger charge is -2.04. The predicted octanol–water partition coefficient (Wildman–Crippen LogP) is 2.64. The molecule has 0 spiro atoms. The van der Waals surface area contributed by atoms with Gasteiger partial charge in [-0.05, 0) is 31.0 Å². The van der Waals surface area contributed by atoms with Crippen LogP contribution in [0.5, 0.6) is 5.75 Å². The monoisotopic (exact) mass is 239 g/mol. The van der Waals surface area contributed by atoms with Gasteiger partial charge >= 0.3 is 0 Å². The number of halogens is 1. The van der Waals surface area contributed by atoms with E-state index in [1.807, 2.05) is 0 Å².